The van der Waals surface area contributed by atoms with Gasteiger partial charge in [-0.15, -0.1) is 0 Å². The third-order valence-corrected chi connectivity index (χ3v) is 3.24. The molecule has 1 rings (SSSR count). The molecular weight excluding hydrogens is 227 g/mol. The first-order valence-electron chi connectivity index (χ1n) is 6.94. The predicted octanol–water partition coefficient (Wildman–Crippen LogP) is 5.07. The molecule has 0 amide bonds. The maximum atomic E-state index is 13.1. The quantitative estimate of drug-likeness (QED) is 0.465. The van der Waals surface area contributed by atoms with Gasteiger partial charge in [0.1, 0.15) is 5.82 Å². The molecule has 0 aromatic heterocycles. The number of carbonyl (C=O) groups is 1. The molecule has 100 valence electrons. The lowest BCUT2D eigenvalue weighted by molar-refractivity contribution is 0.0979. The third-order valence-electron chi connectivity index (χ3n) is 3.24. The first kappa shape index (κ1) is 14.9. The van der Waals surface area contributed by atoms with E-state index in [4.69, 9.17) is 0 Å². The van der Waals surface area contributed by atoms with Gasteiger partial charge in [-0.05, 0) is 37.1 Å². The number of ketones is 1. The fourth-order valence-corrected chi connectivity index (χ4v) is 2.03. The summed E-state index contributed by atoms with van der Waals surface area (Å²) in [4.78, 5) is 11.9. The molecule has 0 radical (unpaired) electrons. The third kappa shape index (κ3) is 4.99. The summed E-state index contributed by atoms with van der Waals surface area (Å²) in [7, 11) is 0. The summed E-state index contributed by atoms with van der Waals surface area (Å²) in [5.74, 6) is -0.111. The normalized spacial score (nSPS) is 10.6. The van der Waals surface area contributed by atoms with E-state index in [0.717, 1.165) is 12.8 Å². The maximum absolute atomic E-state index is 13.1. The summed E-state index contributed by atoms with van der Waals surface area (Å²) in [5.41, 5.74) is 1.19. The second-order valence-electron chi connectivity index (χ2n) is 4.90. The molecule has 0 saturated heterocycles. The molecule has 0 heterocycles. The highest BCUT2D eigenvalue weighted by atomic mass is 19.1. The number of rotatable bonds is 8. The van der Waals surface area contributed by atoms with E-state index in [9.17, 15) is 9.18 Å². The van der Waals surface area contributed by atoms with Crippen molar-refractivity contribution in [1.29, 1.82) is 0 Å². The molecule has 0 unspecified atom stereocenters. The van der Waals surface area contributed by atoms with Crippen molar-refractivity contribution in [3.05, 3.63) is 35.1 Å². The second kappa shape index (κ2) is 8.02. The SMILES string of the molecule is CCCCCCCCC(=O)c1ccc(F)c(C)c1. The highest BCUT2D eigenvalue weighted by Gasteiger charge is 2.07. The number of aryl methyl sites for hydroxylation is 1. The van der Waals surface area contributed by atoms with Gasteiger partial charge < -0.3 is 0 Å². The molecule has 0 spiro atoms. The van der Waals surface area contributed by atoms with Gasteiger partial charge in [0, 0.05) is 12.0 Å². The Bertz CT molecular complexity index is 385. The standard InChI is InChI=1S/C16H23FO/c1-3-4-5-6-7-8-9-16(18)14-10-11-15(17)13(2)12-14/h10-12H,3-9H2,1-2H3. The van der Waals surface area contributed by atoms with Crippen molar-refractivity contribution >= 4 is 5.78 Å². The van der Waals surface area contributed by atoms with Crippen molar-refractivity contribution in [3.63, 3.8) is 0 Å². The molecule has 18 heavy (non-hydrogen) atoms. The Balaban J connectivity index is 2.30. The molecule has 1 aromatic carbocycles. The van der Waals surface area contributed by atoms with Crippen LogP contribution in [0, 0.1) is 12.7 Å². The fourth-order valence-electron chi connectivity index (χ4n) is 2.03. The predicted molar refractivity (Wildman–Crippen MR) is 73.5 cm³/mol. The number of unbranched alkanes of at least 4 members (excludes halogenated alkanes) is 5. The molecule has 0 fully saturated rings. The lowest BCUT2D eigenvalue weighted by atomic mass is 10.0. The molecule has 0 aliphatic heterocycles. The van der Waals surface area contributed by atoms with Crippen LogP contribution >= 0.6 is 0 Å². The lowest BCUT2D eigenvalue weighted by Gasteiger charge is -2.03. The largest absolute Gasteiger partial charge is 0.294 e. The summed E-state index contributed by atoms with van der Waals surface area (Å²) in [5, 5.41) is 0. The molecule has 0 aliphatic rings. The number of hydrogen-bond acceptors (Lipinski definition) is 1. The van der Waals surface area contributed by atoms with Crippen molar-refractivity contribution in [2.75, 3.05) is 0 Å². The van der Waals surface area contributed by atoms with Gasteiger partial charge in [-0.1, -0.05) is 39.0 Å². The number of hydrogen-bond donors (Lipinski definition) is 0. The molecule has 1 aromatic rings. The van der Waals surface area contributed by atoms with E-state index in [1.807, 2.05) is 0 Å². The minimum absolute atomic E-state index is 0.133. The van der Waals surface area contributed by atoms with E-state index in [1.165, 1.54) is 31.7 Å². The average Bonchev–Trinajstić information content (AvgIpc) is 2.36. The molecule has 0 N–H and O–H groups in total. The van der Waals surface area contributed by atoms with Gasteiger partial charge in [-0.25, -0.2) is 4.39 Å². The molecule has 0 bridgehead atoms. The van der Waals surface area contributed by atoms with Crippen molar-refractivity contribution in [3.8, 4) is 0 Å². The molecule has 0 atom stereocenters. The number of benzene rings is 1. The van der Waals surface area contributed by atoms with Crippen LogP contribution in [0.5, 0.6) is 0 Å². The highest BCUT2D eigenvalue weighted by Crippen LogP contribution is 2.14. The van der Waals surface area contributed by atoms with Crippen LogP contribution in [-0.4, -0.2) is 5.78 Å². The Morgan fingerprint density at radius 1 is 1.11 bits per heavy atom. The van der Waals surface area contributed by atoms with Crippen LogP contribution in [0.4, 0.5) is 4.39 Å². The fraction of sp³-hybridized carbons (Fsp3) is 0.562. The summed E-state index contributed by atoms with van der Waals surface area (Å²) in [6.07, 6.45) is 7.64. The molecule has 0 aliphatic carbocycles. The maximum Gasteiger partial charge on any atom is 0.162 e. The molecule has 1 nitrogen and oxygen atoms in total. The Hall–Kier alpha value is -1.18. The first-order valence-corrected chi connectivity index (χ1v) is 6.94. The highest BCUT2D eigenvalue weighted by molar-refractivity contribution is 5.96. The van der Waals surface area contributed by atoms with Gasteiger partial charge >= 0.3 is 0 Å². The zero-order valence-electron chi connectivity index (χ0n) is 11.5. The van der Waals surface area contributed by atoms with Gasteiger partial charge in [-0.3, -0.25) is 4.79 Å². The van der Waals surface area contributed by atoms with E-state index < -0.39 is 0 Å². The monoisotopic (exact) mass is 250 g/mol. The Kier molecular flexibility index (Phi) is 6.63. The topological polar surface area (TPSA) is 17.1 Å². The summed E-state index contributed by atoms with van der Waals surface area (Å²) in [6.45, 7) is 3.89. The summed E-state index contributed by atoms with van der Waals surface area (Å²) < 4.78 is 13.1. The van der Waals surface area contributed by atoms with Crippen molar-refractivity contribution in [2.45, 2.75) is 58.8 Å². The van der Waals surface area contributed by atoms with Crippen LogP contribution in [0.3, 0.4) is 0 Å². The number of Topliss-reactive ketones (excluding diaryl/α,β-unsaturated/α-hetero) is 1. The first-order chi connectivity index (χ1) is 8.65. The zero-order chi connectivity index (χ0) is 13.4. The van der Waals surface area contributed by atoms with Gasteiger partial charge in [-0.2, -0.15) is 0 Å². The van der Waals surface area contributed by atoms with Crippen LogP contribution in [0.15, 0.2) is 18.2 Å². The average molecular weight is 250 g/mol. The van der Waals surface area contributed by atoms with E-state index in [0.29, 0.717) is 17.5 Å². The van der Waals surface area contributed by atoms with E-state index in [1.54, 1.807) is 19.1 Å². The number of halogens is 1. The van der Waals surface area contributed by atoms with Crippen molar-refractivity contribution < 1.29 is 9.18 Å². The lowest BCUT2D eigenvalue weighted by Crippen LogP contribution is -2.00. The summed E-state index contributed by atoms with van der Waals surface area (Å²) in [6, 6.07) is 4.61. The Morgan fingerprint density at radius 3 is 2.44 bits per heavy atom. The molecule has 0 saturated carbocycles. The Labute approximate surface area is 109 Å². The minimum Gasteiger partial charge on any atom is -0.294 e. The van der Waals surface area contributed by atoms with Crippen LogP contribution in [0.2, 0.25) is 0 Å². The Morgan fingerprint density at radius 2 is 1.78 bits per heavy atom. The van der Waals surface area contributed by atoms with Crippen molar-refractivity contribution in [2.24, 2.45) is 0 Å². The zero-order valence-corrected chi connectivity index (χ0v) is 11.5. The smallest absolute Gasteiger partial charge is 0.162 e. The van der Waals surface area contributed by atoms with Crippen LogP contribution < -0.4 is 0 Å². The summed E-state index contributed by atoms with van der Waals surface area (Å²) >= 11 is 0. The van der Waals surface area contributed by atoms with Crippen LogP contribution in [-0.2, 0) is 0 Å². The van der Waals surface area contributed by atoms with Gasteiger partial charge in [0.25, 0.3) is 0 Å². The van der Waals surface area contributed by atoms with E-state index in [2.05, 4.69) is 6.92 Å². The minimum atomic E-state index is -0.244. The van der Waals surface area contributed by atoms with Gasteiger partial charge in [0.05, 0.1) is 0 Å². The molecular formula is C16H23FO. The van der Waals surface area contributed by atoms with Crippen LogP contribution in [0.25, 0.3) is 0 Å². The molecule has 2 heteroatoms. The van der Waals surface area contributed by atoms with Gasteiger partial charge in [0.15, 0.2) is 5.78 Å². The van der Waals surface area contributed by atoms with Crippen molar-refractivity contribution in [1.82, 2.24) is 0 Å². The van der Waals surface area contributed by atoms with E-state index in [-0.39, 0.29) is 11.6 Å². The van der Waals surface area contributed by atoms with Crippen LogP contribution in [0.1, 0.15) is 67.8 Å². The second-order valence-corrected chi connectivity index (χ2v) is 4.90. The number of carbonyl (C=O) groups excluding carboxylic acids is 1. The van der Waals surface area contributed by atoms with E-state index >= 15 is 0 Å². The van der Waals surface area contributed by atoms with Gasteiger partial charge in [0.2, 0.25) is 0 Å².